The monoisotopic (exact) mass is 279 g/mol. The van der Waals surface area contributed by atoms with Gasteiger partial charge in [0.15, 0.2) is 0 Å². The summed E-state index contributed by atoms with van der Waals surface area (Å²) in [4.78, 5) is 23.4. The van der Waals surface area contributed by atoms with E-state index in [0.717, 1.165) is 0 Å². The third-order valence-corrected chi connectivity index (χ3v) is 2.79. The van der Waals surface area contributed by atoms with Crippen molar-refractivity contribution in [3.63, 3.8) is 0 Å². The fourth-order valence-electron chi connectivity index (χ4n) is 1.69. The van der Waals surface area contributed by atoms with Crippen molar-refractivity contribution in [2.24, 2.45) is 0 Å². The first kappa shape index (κ1) is 16.0. The van der Waals surface area contributed by atoms with Crippen molar-refractivity contribution < 1.29 is 14.7 Å². The maximum Gasteiger partial charge on any atom is 0.251 e. The molecule has 0 heterocycles. The van der Waals surface area contributed by atoms with E-state index in [2.05, 4.69) is 10.6 Å². The summed E-state index contributed by atoms with van der Waals surface area (Å²) >= 11 is 0. The predicted molar refractivity (Wildman–Crippen MR) is 77.1 cm³/mol. The first-order valence-electron chi connectivity index (χ1n) is 6.57. The molecule has 1 aromatic rings. The number of rotatable bonds is 7. The summed E-state index contributed by atoms with van der Waals surface area (Å²) in [5.74, 6) is -0.567. The molecule has 1 atom stereocenters. The second-order valence-corrected chi connectivity index (χ2v) is 4.64. The lowest BCUT2D eigenvalue weighted by Gasteiger charge is -2.13. The van der Waals surface area contributed by atoms with E-state index in [0.29, 0.717) is 24.1 Å². The van der Waals surface area contributed by atoms with E-state index in [1.54, 1.807) is 24.3 Å². The lowest BCUT2D eigenvalue weighted by molar-refractivity contribution is -0.120. The minimum atomic E-state index is -0.317. The number of carbonyl (C=O) groups excluding carboxylic acids is 2. The normalized spacial score (nSPS) is 11.7. The van der Waals surface area contributed by atoms with Crippen LogP contribution in [-0.2, 0) is 4.79 Å². The Kier molecular flexibility index (Phi) is 6.52. The molecule has 0 aliphatic carbocycles. The molecule has 0 saturated carbocycles. The van der Waals surface area contributed by atoms with Crippen LogP contribution in [0.2, 0.25) is 0 Å². The minimum absolute atomic E-state index is 0.0249. The lowest BCUT2D eigenvalue weighted by Crippen LogP contribution is -2.40. The van der Waals surface area contributed by atoms with Crippen LogP contribution in [0.15, 0.2) is 24.3 Å². The molecule has 110 valence electrons. The zero-order chi connectivity index (χ0) is 15.0. The van der Waals surface area contributed by atoms with Gasteiger partial charge in [-0.1, -0.05) is 0 Å². The van der Waals surface area contributed by atoms with Crippen molar-refractivity contribution in [3.05, 3.63) is 29.8 Å². The summed E-state index contributed by atoms with van der Waals surface area (Å²) in [7, 11) is 0. The molecule has 1 unspecified atom stereocenters. The molecular formula is C14H21N3O3. The van der Waals surface area contributed by atoms with E-state index in [9.17, 15) is 9.59 Å². The van der Waals surface area contributed by atoms with Crippen LogP contribution in [0.5, 0.6) is 0 Å². The highest BCUT2D eigenvalue weighted by molar-refractivity contribution is 5.96. The van der Waals surface area contributed by atoms with E-state index in [1.807, 2.05) is 6.92 Å². The van der Waals surface area contributed by atoms with Crippen LogP contribution in [0.4, 0.5) is 5.69 Å². The predicted octanol–water partition coefficient (Wildman–Crippen LogP) is 0.276. The van der Waals surface area contributed by atoms with Gasteiger partial charge in [0.1, 0.15) is 0 Å². The number of nitrogens with two attached hydrogens (primary N) is 1. The Morgan fingerprint density at radius 1 is 1.30 bits per heavy atom. The number of hydrogen-bond donors (Lipinski definition) is 4. The highest BCUT2D eigenvalue weighted by atomic mass is 16.3. The Labute approximate surface area is 118 Å². The van der Waals surface area contributed by atoms with Crippen LogP contribution in [0, 0.1) is 0 Å². The summed E-state index contributed by atoms with van der Waals surface area (Å²) in [6.45, 7) is 1.89. The molecule has 6 heteroatoms. The third kappa shape index (κ3) is 5.71. The van der Waals surface area contributed by atoms with Crippen LogP contribution in [0.25, 0.3) is 0 Å². The van der Waals surface area contributed by atoms with Gasteiger partial charge in [-0.2, -0.15) is 0 Å². The molecular weight excluding hydrogens is 258 g/mol. The molecule has 0 bridgehead atoms. The molecule has 6 nitrogen and oxygen atoms in total. The smallest absolute Gasteiger partial charge is 0.251 e. The number of amides is 2. The quantitative estimate of drug-likeness (QED) is 0.538. The topological polar surface area (TPSA) is 104 Å². The minimum Gasteiger partial charge on any atom is -0.399 e. The molecule has 0 radical (unpaired) electrons. The van der Waals surface area contributed by atoms with Crippen molar-refractivity contribution in [2.75, 3.05) is 18.9 Å². The second-order valence-electron chi connectivity index (χ2n) is 4.64. The van der Waals surface area contributed by atoms with Crippen molar-refractivity contribution in [1.82, 2.24) is 10.6 Å². The van der Waals surface area contributed by atoms with E-state index in [4.69, 9.17) is 10.8 Å². The Balaban J connectivity index is 2.33. The largest absolute Gasteiger partial charge is 0.399 e. The van der Waals surface area contributed by atoms with E-state index in [-0.39, 0.29) is 31.0 Å². The number of carbonyl (C=O) groups is 2. The first-order valence-corrected chi connectivity index (χ1v) is 6.57. The Hall–Kier alpha value is -2.08. The third-order valence-electron chi connectivity index (χ3n) is 2.79. The summed E-state index contributed by atoms with van der Waals surface area (Å²) < 4.78 is 0. The van der Waals surface area contributed by atoms with Gasteiger partial charge < -0.3 is 21.5 Å². The summed E-state index contributed by atoms with van der Waals surface area (Å²) in [5.41, 5.74) is 6.57. The fourth-order valence-corrected chi connectivity index (χ4v) is 1.69. The van der Waals surface area contributed by atoms with Gasteiger partial charge in [-0.05, 0) is 44.0 Å². The number of aliphatic hydroxyl groups is 1. The highest BCUT2D eigenvalue weighted by Gasteiger charge is 2.10. The number of aliphatic hydroxyl groups excluding tert-OH is 1. The van der Waals surface area contributed by atoms with E-state index >= 15 is 0 Å². The molecule has 0 aliphatic rings. The van der Waals surface area contributed by atoms with Crippen LogP contribution in [-0.4, -0.2) is 36.1 Å². The van der Waals surface area contributed by atoms with Crippen LogP contribution in [0.1, 0.15) is 30.1 Å². The molecule has 1 aromatic carbocycles. The van der Waals surface area contributed by atoms with Crippen LogP contribution >= 0.6 is 0 Å². The van der Waals surface area contributed by atoms with Crippen molar-refractivity contribution in [3.8, 4) is 0 Å². The van der Waals surface area contributed by atoms with E-state index in [1.165, 1.54) is 0 Å². The molecule has 2 amide bonds. The molecule has 1 rings (SSSR count). The first-order chi connectivity index (χ1) is 9.52. The van der Waals surface area contributed by atoms with Crippen molar-refractivity contribution >= 4 is 17.5 Å². The average molecular weight is 279 g/mol. The van der Waals surface area contributed by atoms with Gasteiger partial charge in [0, 0.05) is 23.9 Å². The Morgan fingerprint density at radius 3 is 2.55 bits per heavy atom. The van der Waals surface area contributed by atoms with Gasteiger partial charge in [0.2, 0.25) is 5.91 Å². The standard InChI is InChI=1S/C14H21N3O3/c1-10(3-2-8-18)17-13(19)9-16-14(20)11-4-6-12(15)7-5-11/h4-7,10,18H,2-3,8-9,15H2,1H3,(H,16,20)(H,17,19). The molecule has 0 aromatic heterocycles. The van der Waals surface area contributed by atoms with Gasteiger partial charge in [-0.15, -0.1) is 0 Å². The zero-order valence-electron chi connectivity index (χ0n) is 11.6. The summed E-state index contributed by atoms with van der Waals surface area (Å²) in [5, 5.41) is 14.0. The number of anilines is 1. The van der Waals surface area contributed by atoms with Gasteiger partial charge >= 0.3 is 0 Å². The van der Waals surface area contributed by atoms with Crippen molar-refractivity contribution in [2.45, 2.75) is 25.8 Å². The fraction of sp³-hybridized carbons (Fsp3) is 0.429. The van der Waals surface area contributed by atoms with Gasteiger partial charge in [-0.25, -0.2) is 0 Å². The number of nitrogens with one attached hydrogen (secondary N) is 2. The maximum atomic E-state index is 11.8. The number of benzene rings is 1. The maximum absolute atomic E-state index is 11.8. The second kappa shape index (κ2) is 8.16. The molecule has 0 spiro atoms. The highest BCUT2D eigenvalue weighted by Crippen LogP contribution is 2.04. The zero-order valence-corrected chi connectivity index (χ0v) is 11.6. The van der Waals surface area contributed by atoms with Crippen molar-refractivity contribution in [1.29, 1.82) is 0 Å². The van der Waals surface area contributed by atoms with Gasteiger partial charge in [0.05, 0.1) is 6.54 Å². The molecule has 0 fully saturated rings. The number of hydrogen-bond acceptors (Lipinski definition) is 4. The van der Waals surface area contributed by atoms with E-state index < -0.39 is 0 Å². The van der Waals surface area contributed by atoms with Crippen LogP contribution < -0.4 is 16.4 Å². The Morgan fingerprint density at radius 2 is 1.95 bits per heavy atom. The molecule has 0 aliphatic heterocycles. The average Bonchev–Trinajstić information content (AvgIpc) is 2.43. The molecule has 5 N–H and O–H groups in total. The van der Waals surface area contributed by atoms with Gasteiger partial charge in [-0.3, -0.25) is 9.59 Å². The summed E-state index contributed by atoms with van der Waals surface area (Å²) in [6.07, 6.45) is 1.34. The lowest BCUT2D eigenvalue weighted by atomic mass is 10.2. The Bertz CT molecular complexity index is 445. The molecule has 20 heavy (non-hydrogen) atoms. The SMILES string of the molecule is CC(CCCO)NC(=O)CNC(=O)c1ccc(N)cc1. The van der Waals surface area contributed by atoms with Crippen LogP contribution in [0.3, 0.4) is 0 Å². The summed E-state index contributed by atoms with van der Waals surface area (Å²) in [6, 6.07) is 6.44. The number of nitrogen functional groups attached to an aromatic ring is 1. The molecule has 0 saturated heterocycles. The van der Waals surface area contributed by atoms with Gasteiger partial charge in [0.25, 0.3) is 5.91 Å².